The van der Waals surface area contributed by atoms with Crippen LogP contribution in [0.2, 0.25) is 0 Å². The van der Waals surface area contributed by atoms with Crippen molar-refractivity contribution in [2.45, 2.75) is 32.9 Å². The monoisotopic (exact) mass is 540 g/mol. The third-order valence-corrected chi connectivity index (χ3v) is 5.93. The van der Waals surface area contributed by atoms with Gasteiger partial charge in [-0.1, -0.05) is 72.2 Å². The van der Waals surface area contributed by atoms with Crippen LogP contribution in [0.15, 0.2) is 83.3 Å². The Morgan fingerprint density at radius 2 is 1.60 bits per heavy atom. The first-order valence-corrected chi connectivity index (χ1v) is 12.3. The van der Waals surface area contributed by atoms with E-state index in [9.17, 15) is 14.0 Å². The van der Waals surface area contributed by atoms with Crippen LogP contribution in [0.4, 0.5) is 4.39 Å². The van der Waals surface area contributed by atoms with E-state index in [1.165, 1.54) is 24.3 Å². The fraction of sp³-hybridized carbons (Fsp3) is 0.286. The van der Waals surface area contributed by atoms with E-state index in [1.807, 2.05) is 68.4 Å². The summed E-state index contributed by atoms with van der Waals surface area (Å²) in [5.41, 5.74) is 1.84. The lowest BCUT2D eigenvalue weighted by atomic mass is 10.0. The van der Waals surface area contributed by atoms with Gasteiger partial charge >= 0.3 is 0 Å². The van der Waals surface area contributed by atoms with Gasteiger partial charge < -0.3 is 15.0 Å². The number of carbonyl (C=O) groups excluding carboxylic acids is 2. The van der Waals surface area contributed by atoms with E-state index in [1.54, 1.807) is 4.90 Å². The predicted octanol–water partition coefficient (Wildman–Crippen LogP) is 5.38. The van der Waals surface area contributed by atoms with Crippen molar-refractivity contribution in [1.29, 1.82) is 0 Å². The van der Waals surface area contributed by atoms with Crippen molar-refractivity contribution in [2.24, 2.45) is 5.92 Å². The van der Waals surface area contributed by atoms with Crippen LogP contribution in [-0.4, -0.2) is 35.9 Å². The molecule has 2 amide bonds. The van der Waals surface area contributed by atoms with Crippen LogP contribution in [-0.2, 0) is 22.6 Å². The molecule has 0 aliphatic rings. The van der Waals surface area contributed by atoms with Crippen LogP contribution in [0.5, 0.6) is 5.75 Å². The molecule has 7 heteroatoms. The molecule has 0 aliphatic heterocycles. The zero-order chi connectivity index (χ0) is 25.2. The van der Waals surface area contributed by atoms with Gasteiger partial charge in [0.25, 0.3) is 5.91 Å². The summed E-state index contributed by atoms with van der Waals surface area (Å²) in [5, 5.41) is 2.99. The first kappa shape index (κ1) is 26.4. The zero-order valence-corrected chi connectivity index (χ0v) is 21.5. The molecule has 3 rings (SSSR count). The summed E-state index contributed by atoms with van der Waals surface area (Å²) in [6, 6.07) is 22.0. The van der Waals surface area contributed by atoms with E-state index in [0.29, 0.717) is 18.7 Å². The Hall–Kier alpha value is -3.19. The molecule has 0 bridgehead atoms. The summed E-state index contributed by atoms with van der Waals surface area (Å²) in [5.74, 6) is -0.279. The normalized spacial score (nSPS) is 11.7. The second-order valence-electron chi connectivity index (χ2n) is 8.74. The molecule has 0 saturated heterocycles. The van der Waals surface area contributed by atoms with Crippen LogP contribution in [0.1, 0.15) is 25.0 Å². The number of halogens is 2. The molecule has 3 aromatic rings. The minimum atomic E-state index is -0.732. The van der Waals surface area contributed by atoms with E-state index in [2.05, 4.69) is 21.2 Å². The van der Waals surface area contributed by atoms with E-state index in [0.717, 1.165) is 15.6 Å². The largest absolute Gasteiger partial charge is 0.484 e. The van der Waals surface area contributed by atoms with Crippen molar-refractivity contribution in [3.05, 3.63) is 100 Å². The molecule has 0 radical (unpaired) electrons. The smallest absolute Gasteiger partial charge is 0.261 e. The van der Waals surface area contributed by atoms with E-state index < -0.39 is 6.04 Å². The molecule has 35 heavy (non-hydrogen) atoms. The molecule has 184 valence electrons. The lowest BCUT2D eigenvalue weighted by Crippen LogP contribution is -2.52. The number of nitrogens with zero attached hydrogens (tertiary/aromatic N) is 1. The maximum Gasteiger partial charge on any atom is 0.261 e. The number of benzene rings is 3. The molecule has 1 atom stereocenters. The highest BCUT2D eigenvalue weighted by Crippen LogP contribution is 2.18. The van der Waals surface area contributed by atoms with Crippen molar-refractivity contribution < 1.29 is 18.7 Å². The Kier molecular flexibility index (Phi) is 9.85. The van der Waals surface area contributed by atoms with E-state index in [-0.39, 0.29) is 36.7 Å². The number of rotatable bonds is 11. The van der Waals surface area contributed by atoms with Crippen LogP contribution >= 0.6 is 15.9 Å². The first-order chi connectivity index (χ1) is 16.8. The minimum Gasteiger partial charge on any atom is -0.484 e. The Morgan fingerprint density at radius 3 is 2.23 bits per heavy atom. The maximum atomic E-state index is 13.5. The van der Waals surface area contributed by atoms with Crippen LogP contribution < -0.4 is 10.1 Å². The molecule has 5 nitrogen and oxygen atoms in total. The number of amides is 2. The van der Waals surface area contributed by atoms with Crippen molar-refractivity contribution in [3.8, 4) is 5.75 Å². The summed E-state index contributed by atoms with van der Waals surface area (Å²) < 4.78 is 19.8. The summed E-state index contributed by atoms with van der Waals surface area (Å²) in [6.45, 7) is 4.52. The van der Waals surface area contributed by atoms with E-state index in [4.69, 9.17) is 4.74 Å². The molecule has 0 spiro atoms. The van der Waals surface area contributed by atoms with E-state index >= 15 is 0 Å². The molecular formula is C28H30BrFN2O3. The molecular weight excluding hydrogens is 511 g/mol. The lowest BCUT2D eigenvalue weighted by molar-refractivity contribution is -0.142. The molecule has 0 saturated carbocycles. The zero-order valence-electron chi connectivity index (χ0n) is 19.9. The first-order valence-electron chi connectivity index (χ1n) is 11.6. The van der Waals surface area contributed by atoms with Gasteiger partial charge in [0.05, 0.1) is 0 Å². The van der Waals surface area contributed by atoms with Gasteiger partial charge in [-0.3, -0.25) is 9.59 Å². The van der Waals surface area contributed by atoms with Crippen molar-refractivity contribution in [2.75, 3.05) is 13.2 Å². The topological polar surface area (TPSA) is 58.6 Å². The SMILES string of the molecule is CC(C)CNC(=O)[C@H](Cc1ccccc1)N(Cc1ccc(Br)cc1)C(=O)COc1ccc(F)cc1. The molecule has 1 N–H and O–H groups in total. The average Bonchev–Trinajstić information content (AvgIpc) is 2.86. The van der Waals surface area contributed by atoms with Crippen LogP contribution in [0, 0.1) is 11.7 Å². The highest BCUT2D eigenvalue weighted by atomic mass is 79.9. The third-order valence-electron chi connectivity index (χ3n) is 5.40. The van der Waals surface area contributed by atoms with Gasteiger partial charge in [0.2, 0.25) is 5.91 Å². The molecule has 3 aromatic carbocycles. The summed E-state index contributed by atoms with van der Waals surface area (Å²) >= 11 is 3.44. The van der Waals surface area contributed by atoms with Gasteiger partial charge in [0.1, 0.15) is 17.6 Å². The fourth-order valence-electron chi connectivity index (χ4n) is 3.52. The number of hydrogen-bond acceptors (Lipinski definition) is 3. The Bertz CT molecular complexity index is 1090. The highest BCUT2D eigenvalue weighted by molar-refractivity contribution is 9.10. The lowest BCUT2D eigenvalue weighted by Gasteiger charge is -2.31. The summed E-state index contributed by atoms with van der Waals surface area (Å²) in [4.78, 5) is 28.4. The van der Waals surface area contributed by atoms with Crippen LogP contribution in [0.25, 0.3) is 0 Å². The Morgan fingerprint density at radius 1 is 0.943 bits per heavy atom. The Balaban J connectivity index is 1.88. The molecule has 0 heterocycles. The van der Waals surface area contributed by atoms with Gasteiger partial charge in [-0.25, -0.2) is 4.39 Å². The number of hydrogen-bond donors (Lipinski definition) is 1. The predicted molar refractivity (Wildman–Crippen MR) is 138 cm³/mol. The second-order valence-corrected chi connectivity index (χ2v) is 9.65. The maximum absolute atomic E-state index is 13.5. The minimum absolute atomic E-state index is 0.213. The molecule has 0 unspecified atom stereocenters. The van der Waals surface area contributed by atoms with Gasteiger partial charge in [-0.05, 0) is 53.4 Å². The second kappa shape index (κ2) is 13.0. The van der Waals surface area contributed by atoms with Gasteiger partial charge in [0.15, 0.2) is 6.61 Å². The third kappa shape index (κ3) is 8.51. The van der Waals surface area contributed by atoms with Gasteiger partial charge in [-0.2, -0.15) is 0 Å². The number of ether oxygens (including phenoxy) is 1. The molecule has 0 fully saturated rings. The van der Waals surface area contributed by atoms with Gasteiger partial charge in [-0.15, -0.1) is 0 Å². The Labute approximate surface area is 214 Å². The highest BCUT2D eigenvalue weighted by Gasteiger charge is 2.30. The fourth-order valence-corrected chi connectivity index (χ4v) is 3.79. The van der Waals surface area contributed by atoms with Crippen LogP contribution in [0.3, 0.4) is 0 Å². The molecule has 0 aromatic heterocycles. The van der Waals surface area contributed by atoms with Gasteiger partial charge in [0, 0.05) is 24.0 Å². The molecule has 0 aliphatic carbocycles. The van der Waals surface area contributed by atoms with Crippen molar-refractivity contribution >= 4 is 27.7 Å². The average molecular weight is 541 g/mol. The number of nitrogens with one attached hydrogen (secondary N) is 1. The summed E-state index contributed by atoms with van der Waals surface area (Å²) in [7, 11) is 0. The quantitative estimate of drug-likeness (QED) is 0.355. The van der Waals surface area contributed by atoms with Crippen molar-refractivity contribution in [3.63, 3.8) is 0 Å². The number of carbonyl (C=O) groups is 2. The summed E-state index contributed by atoms with van der Waals surface area (Å²) in [6.07, 6.45) is 0.365. The standard InChI is InChI=1S/C28H30BrFN2O3/c1-20(2)17-31-28(34)26(16-21-6-4-3-5-7-21)32(18-22-8-10-23(29)11-9-22)27(33)19-35-25-14-12-24(30)13-15-25/h3-15,20,26H,16-19H2,1-2H3,(H,31,34)/t26-/m0/s1. The van der Waals surface area contributed by atoms with Crippen molar-refractivity contribution in [1.82, 2.24) is 10.2 Å².